The first-order valence-electron chi connectivity index (χ1n) is 11.4. The summed E-state index contributed by atoms with van der Waals surface area (Å²) in [6.07, 6.45) is 2.65. The van der Waals surface area contributed by atoms with Crippen LogP contribution in [0.1, 0.15) is 33.8 Å². The number of carboxylic acid groups (broad SMARTS) is 1. The number of rotatable bonds is 9. The second-order valence-electron chi connectivity index (χ2n) is 8.76. The van der Waals surface area contributed by atoms with Gasteiger partial charge < -0.3 is 21.1 Å². The van der Waals surface area contributed by atoms with E-state index in [1.54, 1.807) is 37.3 Å². The summed E-state index contributed by atoms with van der Waals surface area (Å²) in [6.45, 7) is 3.09. The minimum Gasteiger partial charge on any atom is -0.477 e. The molecular weight excluding hydrogens is 518 g/mol. The standard InChI is InChI=1S/C23H27N7O5S2/c1-13-19(21(32)33)36-23(26-13)29-22-27-17(25-11-14-5-7-16(8-6-14)37(2,34)35)10-18(28-22)30-9-3-4-15(12-30)20(24)31/h5-8,10,15H,3-4,9,11-12H2,1-2H3,(H2,24,31)(H,32,33)(H2,25,26,27,28,29). The number of amides is 1. The molecule has 0 spiro atoms. The summed E-state index contributed by atoms with van der Waals surface area (Å²) in [5.41, 5.74) is 6.77. The Morgan fingerprint density at radius 1 is 1.22 bits per heavy atom. The average molecular weight is 546 g/mol. The van der Waals surface area contributed by atoms with Crippen LogP contribution < -0.4 is 21.3 Å². The normalized spacial score (nSPS) is 15.8. The van der Waals surface area contributed by atoms with Crippen LogP contribution in [0.25, 0.3) is 0 Å². The van der Waals surface area contributed by atoms with Crippen molar-refractivity contribution < 1.29 is 23.1 Å². The van der Waals surface area contributed by atoms with E-state index in [2.05, 4.69) is 25.6 Å². The van der Waals surface area contributed by atoms with Crippen LogP contribution >= 0.6 is 11.3 Å². The minimum absolute atomic E-state index is 0.120. The van der Waals surface area contributed by atoms with Crippen molar-refractivity contribution in [3.8, 4) is 0 Å². The number of thiazole rings is 1. The monoisotopic (exact) mass is 545 g/mol. The van der Waals surface area contributed by atoms with E-state index in [1.807, 2.05) is 4.90 Å². The lowest BCUT2D eigenvalue weighted by atomic mass is 9.97. The number of carboxylic acids is 1. The highest BCUT2D eigenvalue weighted by Crippen LogP contribution is 2.28. The lowest BCUT2D eigenvalue weighted by Crippen LogP contribution is -2.41. The number of anilines is 4. The molecule has 37 heavy (non-hydrogen) atoms. The fraction of sp³-hybridized carbons (Fsp3) is 0.348. The zero-order valence-electron chi connectivity index (χ0n) is 20.3. The third-order valence-electron chi connectivity index (χ3n) is 5.90. The second-order valence-corrected chi connectivity index (χ2v) is 11.8. The van der Waals surface area contributed by atoms with Gasteiger partial charge in [0, 0.05) is 32.0 Å². The van der Waals surface area contributed by atoms with E-state index in [0.29, 0.717) is 48.5 Å². The molecule has 1 aromatic carbocycles. The summed E-state index contributed by atoms with van der Waals surface area (Å²) < 4.78 is 23.4. The SMILES string of the molecule is Cc1nc(Nc2nc(NCc3ccc(S(C)(=O)=O)cc3)cc(N3CCCC(C(N)=O)C3)n2)sc1C(=O)O. The molecular formula is C23H27N7O5S2. The molecule has 196 valence electrons. The van der Waals surface area contributed by atoms with Crippen molar-refractivity contribution in [2.24, 2.45) is 11.7 Å². The van der Waals surface area contributed by atoms with E-state index >= 15 is 0 Å². The molecule has 0 aliphatic carbocycles. The lowest BCUT2D eigenvalue weighted by Gasteiger charge is -2.32. The Labute approximate surface area is 217 Å². The molecule has 5 N–H and O–H groups in total. The molecule has 3 heterocycles. The minimum atomic E-state index is -3.29. The molecule has 1 aliphatic heterocycles. The number of hydrogen-bond acceptors (Lipinski definition) is 11. The molecule has 0 bridgehead atoms. The van der Waals surface area contributed by atoms with E-state index in [9.17, 15) is 23.1 Å². The van der Waals surface area contributed by atoms with Gasteiger partial charge in [-0.3, -0.25) is 10.1 Å². The van der Waals surface area contributed by atoms with Crippen LogP contribution in [0, 0.1) is 12.8 Å². The number of aromatic carboxylic acids is 1. The van der Waals surface area contributed by atoms with Crippen LogP contribution in [0.5, 0.6) is 0 Å². The highest BCUT2D eigenvalue weighted by atomic mass is 32.2. The number of aryl methyl sites for hydroxylation is 1. The molecule has 1 unspecified atom stereocenters. The molecule has 14 heteroatoms. The van der Waals surface area contributed by atoms with Crippen LogP contribution in [-0.4, -0.2) is 59.7 Å². The van der Waals surface area contributed by atoms with E-state index < -0.39 is 15.8 Å². The number of benzene rings is 1. The van der Waals surface area contributed by atoms with Gasteiger partial charge in [-0.2, -0.15) is 9.97 Å². The summed E-state index contributed by atoms with van der Waals surface area (Å²) in [4.78, 5) is 38.9. The Hall–Kier alpha value is -3.78. The highest BCUT2D eigenvalue weighted by molar-refractivity contribution is 7.90. The molecule has 2 aromatic heterocycles. The van der Waals surface area contributed by atoms with Crippen molar-refractivity contribution in [1.29, 1.82) is 0 Å². The summed E-state index contributed by atoms with van der Waals surface area (Å²) in [5.74, 6) is -0.443. The maximum atomic E-state index is 11.8. The number of aromatic nitrogens is 3. The quantitative estimate of drug-likeness (QED) is 0.310. The van der Waals surface area contributed by atoms with Crippen LogP contribution in [0.15, 0.2) is 35.2 Å². The highest BCUT2D eigenvalue weighted by Gasteiger charge is 2.26. The van der Waals surface area contributed by atoms with Crippen molar-refractivity contribution in [2.75, 3.05) is 34.9 Å². The zero-order valence-corrected chi connectivity index (χ0v) is 21.9. The van der Waals surface area contributed by atoms with Gasteiger partial charge in [-0.1, -0.05) is 23.5 Å². The number of nitrogens with two attached hydrogens (primary N) is 1. The van der Waals surface area contributed by atoms with Gasteiger partial charge in [-0.25, -0.2) is 18.2 Å². The molecule has 0 saturated carbocycles. The number of primary amides is 1. The van der Waals surface area contributed by atoms with Gasteiger partial charge in [-0.05, 0) is 37.5 Å². The largest absolute Gasteiger partial charge is 0.477 e. The average Bonchev–Trinajstić information content (AvgIpc) is 3.22. The van der Waals surface area contributed by atoms with Gasteiger partial charge >= 0.3 is 5.97 Å². The predicted octanol–water partition coefficient (Wildman–Crippen LogP) is 2.40. The number of nitrogens with one attached hydrogen (secondary N) is 2. The van der Waals surface area contributed by atoms with Crippen molar-refractivity contribution in [2.45, 2.75) is 31.2 Å². The fourth-order valence-electron chi connectivity index (χ4n) is 3.95. The summed E-state index contributed by atoms with van der Waals surface area (Å²) >= 11 is 0.981. The third-order valence-corrected chi connectivity index (χ3v) is 8.08. The van der Waals surface area contributed by atoms with Crippen molar-refractivity contribution in [3.05, 3.63) is 46.5 Å². The second kappa shape index (κ2) is 10.7. The molecule has 4 rings (SSSR count). The molecule has 1 fully saturated rings. The molecule has 1 aliphatic rings. The predicted molar refractivity (Wildman–Crippen MR) is 140 cm³/mol. The Bertz CT molecular complexity index is 1420. The maximum absolute atomic E-state index is 11.8. The Morgan fingerprint density at radius 3 is 2.57 bits per heavy atom. The van der Waals surface area contributed by atoms with Crippen LogP contribution in [-0.2, 0) is 21.2 Å². The first kappa shape index (κ1) is 26.3. The number of carbonyl (C=O) groups is 2. The Morgan fingerprint density at radius 2 is 1.95 bits per heavy atom. The number of hydrogen-bond donors (Lipinski definition) is 4. The summed E-state index contributed by atoms with van der Waals surface area (Å²) in [5, 5.41) is 15.9. The van der Waals surface area contributed by atoms with Gasteiger partial charge in [0.1, 0.15) is 16.5 Å². The lowest BCUT2D eigenvalue weighted by molar-refractivity contribution is -0.122. The Balaban J connectivity index is 1.60. The van der Waals surface area contributed by atoms with E-state index in [4.69, 9.17) is 5.73 Å². The fourth-order valence-corrected chi connectivity index (χ4v) is 5.38. The number of piperidine rings is 1. The van der Waals surface area contributed by atoms with Crippen molar-refractivity contribution in [3.63, 3.8) is 0 Å². The number of sulfone groups is 1. The van der Waals surface area contributed by atoms with Gasteiger partial charge in [0.15, 0.2) is 15.0 Å². The topological polar surface area (TPSA) is 180 Å². The van der Waals surface area contributed by atoms with Gasteiger partial charge in [0.2, 0.25) is 11.9 Å². The number of carbonyl (C=O) groups excluding carboxylic acids is 1. The van der Waals surface area contributed by atoms with E-state index in [0.717, 1.165) is 29.6 Å². The molecule has 3 aromatic rings. The third kappa shape index (κ3) is 6.51. The van der Waals surface area contributed by atoms with Gasteiger partial charge in [0.25, 0.3) is 0 Å². The Kier molecular flexibility index (Phi) is 7.59. The van der Waals surface area contributed by atoms with E-state index in [1.165, 1.54) is 0 Å². The molecule has 1 amide bonds. The van der Waals surface area contributed by atoms with Crippen LogP contribution in [0.3, 0.4) is 0 Å². The van der Waals surface area contributed by atoms with Crippen LogP contribution in [0.4, 0.5) is 22.7 Å². The van der Waals surface area contributed by atoms with Gasteiger partial charge in [-0.15, -0.1) is 0 Å². The first-order valence-corrected chi connectivity index (χ1v) is 14.1. The van der Waals surface area contributed by atoms with Crippen molar-refractivity contribution >= 4 is 55.8 Å². The molecule has 12 nitrogen and oxygen atoms in total. The van der Waals surface area contributed by atoms with E-state index in [-0.39, 0.29) is 27.5 Å². The molecule has 0 radical (unpaired) electrons. The maximum Gasteiger partial charge on any atom is 0.347 e. The van der Waals surface area contributed by atoms with Crippen molar-refractivity contribution in [1.82, 2.24) is 15.0 Å². The summed E-state index contributed by atoms with van der Waals surface area (Å²) in [6, 6.07) is 8.30. The van der Waals surface area contributed by atoms with Crippen LogP contribution in [0.2, 0.25) is 0 Å². The number of nitrogens with zero attached hydrogens (tertiary/aromatic N) is 4. The summed E-state index contributed by atoms with van der Waals surface area (Å²) in [7, 11) is -3.29. The van der Waals surface area contributed by atoms with Gasteiger partial charge in [0.05, 0.1) is 16.5 Å². The first-order chi connectivity index (χ1) is 17.5. The molecule has 1 saturated heterocycles. The zero-order chi connectivity index (χ0) is 26.7. The molecule has 1 atom stereocenters. The smallest absolute Gasteiger partial charge is 0.347 e.